The zero-order chi connectivity index (χ0) is 10.1. The van der Waals surface area contributed by atoms with E-state index in [9.17, 15) is 8.63 Å². The maximum absolute atomic E-state index is 12.1. The lowest BCUT2D eigenvalue weighted by molar-refractivity contribution is 0.283. The van der Waals surface area contributed by atoms with Crippen LogP contribution in [-0.4, -0.2) is 30.1 Å². The molecule has 0 aromatic carbocycles. The first-order chi connectivity index (χ1) is 6.65. The van der Waals surface area contributed by atoms with Gasteiger partial charge in [-0.1, -0.05) is 0 Å². The fourth-order valence-electron chi connectivity index (χ4n) is 1.73. The molecular weight excluding hydrogens is 205 g/mol. The van der Waals surface area contributed by atoms with E-state index in [-0.39, 0.29) is 6.44 Å². The average Bonchev–Trinajstić information content (AvgIpc) is 2.42. The molecule has 2 nitrogen and oxygen atoms in total. The second kappa shape index (κ2) is 3.94. The highest BCUT2D eigenvalue weighted by atomic mass is 32.1. The summed E-state index contributed by atoms with van der Waals surface area (Å²) >= 11 is 1.62. The van der Waals surface area contributed by atoms with Crippen molar-refractivity contribution in [2.75, 3.05) is 13.0 Å². The van der Waals surface area contributed by atoms with Crippen LogP contribution < -0.4 is 0 Å². The van der Waals surface area contributed by atoms with Crippen molar-refractivity contribution >= 4 is 18.6 Å². The first-order valence-corrected chi connectivity index (χ1v) is 5.42. The van der Waals surface area contributed by atoms with Crippen molar-refractivity contribution in [1.29, 1.82) is 0 Å². The Morgan fingerprint density at radius 3 is 3.07 bits per heavy atom. The molecule has 0 fully saturated rings. The van der Waals surface area contributed by atoms with E-state index < -0.39 is 7.27 Å². The largest absolute Gasteiger partial charge is 0.551 e. The number of thiazole rings is 1. The van der Waals surface area contributed by atoms with E-state index in [0.29, 0.717) is 13.1 Å². The molecule has 0 aliphatic carbocycles. The molecule has 0 bridgehead atoms. The van der Waals surface area contributed by atoms with Gasteiger partial charge in [0.1, 0.15) is 0 Å². The molecule has 2 heterocycles. The predicted molar refractivity (Wildman–Crippen MR) is 53.8 cm³/mol. The highest BCUT2D eigenvalue weighted by Crippen LogP contribution is 2.24. The fraction of sp³-hybridized carbons (Fsp3) is 0.625. The second-order valence-electron chi connectivity index (χ2n) is 3.48. The summed E-state index contributed by atoms with van der Waals surface area (Å²) < 4.78 is 24.3. The molecule has 76 valence electrons. The third-order valence-corrected chi connectivity index (χ3v) is 3.31. The van der Waals surface area contributed by atoms with Crippen LogP contribution >= 0.6 is 11.3 Å². The van der Waals surface area contributed by atoms with Gasteiger partial charge in [-0.2, -0.15) is 0 Å². The molecule has 0 spiro atoms. The second-order valence-corrected chi connectivity index (χ2v) is 4.77. The lowest BCUT2D eigenvalue weighted by atomic mass is 9.97. The minimum absolute atomic E-state index is 0.115. The van der Waals surface area contributed by atoms with Gasteiger partial charge in [0, 0.05) is 30.8 Å². The predicted octanol–water partition coefficient (Wildman–Crippen LogP) is 1.78. The number of hydrogen-bond acceptors (Lipinski definition) is 3. The van der Waals surface area contributed by atoms with Crippen LogP contribution in [0.15, 0.2) is 0 Å². The monoisotopic (exact) mass is 216 g/mol. The highest BCUT2D eigenvalue weighted by Gasteiger charge is 2.24. The first-order valence-electron chi connectivity index (χ1n) is 4.61. The van der Waals surface area contributed by atoms with Crippen LogP contribution in [0.25, 0.3) is 0 Å². The molecule has 1 aliphatic rings. The molecule has 0 saturated heterocycles. The van der Waals surface area contributed by atoms with Gasteiger partial charge in [0.25, 0.3) is 0 Å². The smallest absolute Gasteiger partial charge is 0.299 e. The van der Waals surface area contributed by atoms with E-state index in [4.69, 9.17) is 0 Å². The summed E-state index contributed by atoms with van der Waals surface area (Å²) in [4.78, 5) is 7.33. The van der Waals surface area contributed by atoms with Gasteiger partial charge in [0.05, 0.1) is 10.7 Å². The summed E-state index contributed by atoms with van der Waals surface area (Å²) in [5.41, 5.74) is 1.11. The van der Waals surface area contributed by atoms with E-state index >= 15 is 0 Å². The van der Waals surface area contributed by atoms with Crippen molar-refractivity contribution in [3.8, 4) is 0 Å². The summed E-state index contributed by atoms with van der Waals surface area (Å²) in [6.07, 6.45) is 0.697. The van der Waals surface area contributed by atoms with Crippen molar-refractivity contribution in [2.45, 2.75) is 19.9 Å². The molecule has 0 saturated carbocycles. The number of aromatic nitrogens is 1. The molecule has 0 N–H and O–H groups in total. The van der Waals surface area contributed by atoms with E-state index in [0.717, 1.165) is 22.0 Å². The van der Waals surface area contributed by atoms with Gasteiger partial charge in [-0.25, -0.2) is 4.98 Å². The molecule has 1 aromatic rings. The summed E-state index contributed by atoms with van der Waals surface area (Å²) in [5.74, 6) is 0. The fourth-order valence-corrected chi connectivity index (χ4v) is 2.75. The van der Waals surface area contributed by atoms with Crippen molar-refractivity contribution in [1.82, 2.24) is 9.88 Å². The van der Waals surface area contributed by atoms with E-state index in [1.807, 2.05) is 6.92 Å². The number of nitrogens with zero attached hydrogens (tertiary/aromatic N) is 2. The topological polar surface area (TPSA) is 16.1 Å². The molecule has 6 heteroatoms. The quantitative estimate of drug-likeness (QED) is 0.700. The Morgan fingerprint density at radius 2 is 2.36 bits per heavy atom. The number of hydrogen-bond donors (Lipinski definition) is 0. The van der Waals surface area contributed by atoms with Crippen LogP contribution in [0.5, 0.6) is 0 Å². The maximum atomic E-state index is 12.1. The standard InChI is InChI=1S/C8H11BF2N2S/c1-6-12-7-2-3-13(5-9(10)11)4-8(7)14-6/h2-5H2,1H3. The van der Waals surface area contributed by atoms with Crippen molar-refractivity contribution < 1.29 is 8.63 Å². The van der Waals surface area contributed by atoms with Gasteiger partial charge >= 0.3 is 7.27 Å². The maximum Gasteiger partial charge on any atom is 0.551 e. The van der Waals surface area contributed by atoms with E-state index in [2.05, 4.69) is 4.98 Å². The molecule has 0 radical (unpaired) electrons. The zero-order valence-corrected chi connectivity index (χ0v) is 8.78. The van der Waals surface area contributed by atoms with Crippen molar-refractivity contribution in [2.24, 2.45) is 0 Å². The number of rotatable bonds is 2. The molecule has 1 aromatic heterocycles. The third kappa shape index (κ3) is 2.12. The summed E-state index contributed by atoms with van der Waals surface area (Å²) in [5, 5.41) is 1.04. The van der Waals surface area contributed by atoms with Crippen molar-refractivity contribution in [3.05, 3.63) is 15.6 Å². The van der Waals surface area contributed by atoms with Gasteiger partial charge in [-0.05, 0) is 6.92 Å². The molecule has 0 amide bonds. The Bertz CT molecular complexity index is 329. The zero-order valence-electron chi connectivity index (χ0n) is 7.96. The van der Waals surface area contributed by atoms with Crippen LogP contribution in [0.4, 0.5) is 8.63 Å². The normalized spacial score (nSPS) is 16.8. The minimum Gasteiger partial charge on any atom is -0.299 e. The SMILES string of the molecule is Cc1nc2c(s1)CN(CB(F)F)CC2. The summed E-state index contributed by atoms with van der Waals surface area (Å²) in [6, 6.07) is 0. The molecule has 1 aliphatic heterocycles. The van der Waals surface area contributed by atoms with Crippen molar-refractivity contribution in [3.63, 3.8) is 0 Å². The van der Waals surface area contributed by atoms with E-state index in [1.165, 1.54) is 0 Å². The van der Waals surface area contributed by atoms with Gasteiger partial charge in [0.15, 0.2) is 0 Å². The number of fused-ring (bicyclic) bond motifs is 1. The number of aryl methyl sites for hydroxylation is 1. The highest BCUT2D eigenvalue weighted by molar-refractivity contribution is 7.11. The van der Waals surface area contributed by atoms with Gasteiger partial charge < -0.3 is 0 Å². The Balaban J connectivity index is 2.05. The Hall–Kier alpha value is -0.485. The Morgan fingerprint density at radius 1 is 1.57 bits per heavy atom. The average molecular weight is 216 g/mol. The van der Waals surface area contributed by atoms with Crippen LogP contribution in [0.2, 0.25) is 0 Å². The molecule has 0 atom stereocenters. The summed E-state index contributed by atoms with van der Waals surface area (Å²) in [7, 11) is -2.23. The van der Waals surface area contributed by atoms with Gasteiger partial charge in [-0.15, -0.1) is 11.3 Å². The molecule has 0 unspecified atom stereocenters. The van der Waals surface area contributed by atoms with E-state index in [1.54, 1.807) is 16.2 Å². The third-order valence-electron chi connectivity index (χ3n) is 2.31. The Kier molecular flexibility index (Phi) is 2.83. The summed E-state index contributed by atoms with van der Waals surface area (Å²) in [6.45, 7) is 3.31. The minimum atomic E-state index is -2.23. The van der Waals surface area contributed by atoms with Crippen LogP contribution in [0, 0.1) is 6.92 Å². The number of halogens is 2. The lowest BCUT2D eigenvalue weighted by Crippen LogP contribution is -2.35. The van der Waals surface area contributed by atoms with Crippen LogP contribution in [0.3, 0.4) is 0 Å². The molecule has 2 rings (SSSR count). The molecule has 14 heavy (non-hydrogen) atoms. The van der Waals surface area contributed by atoms with Gasteiger partial charge in [-0.3, -0.25) is 13.5 Å². The van der Waals surface area contributed by atoms with Gasteiger partial charge in [0.2, 0.25) is 0 Å². The lowest BCUT2D eigenvalue weighted by Gasteiger charge is -2.24. The van der Waals surface area contributed by atoms with Crippen LogP contribution in [0.1, 0.15) is 15.6 Å². The van der Waals surface area contributed by atoms with Crippen LogP contribution in [-0.2, 0) is 13.0 Å². The Labute approximate surface area is 86.1 Å². The molecular formula is C8H11BF2N2S. The first kappa shape index (κ1) is 10.0.